The van der Waals surface area contributed by atoms with Gasteiger partial charge in [0.05, 0.1) is 12.3 Å². The molecule has 1 atom stereocenters. The average Bonchev–Trinajstić information content (AvgIpc) is 2.46. The van der Waals surface area contributed by atoms with Crippen LogP contribution in [0.1, 0.15) is 17.2 Å². The highest BCUT2D eigenvalue weighted by Crippen LogP contribution is 2.28. The third kappa shape index (κ3) is 1.04. The van der Waals surface area contributed by atoms with Gasteiger partial charge in [-0.05, 0) is 13.0 Å². The quantitative estimate of drug-likeness (QED) is 0.627. The molecule has 64 valence electrons. The van der Waals surface area contributed by atoms with Gasteiger partial charge in [-0.25, -0.2) is 0 Å². The van der Waals surface area contributed by atoms with E-state index in [1.165, 1.54) is 0 Å². The Balaban J connectivity index is 2.42. The Bertz CT molecular complexity index is 300. The summed E-state index contributed by atoms with van der Waals surface area (Å²) in [5.41, 5.74) is 1.99. The fourth-order valence-corrected chi connectivity index (χ4v) is 1.45. The van der Waals surface area contributed by atoms with Crippen molar-refractivity contribution in [2.45, 2.75) is 12.8 Å². The molecule has 0 amide bonds. The van der Waals surface area contributed by atoms with E-state index in [-0.39, 0.29) is 12.5 Å². The summed E-state index contributed by atoms with van der Waals surface area (Å²) in [6, 6.07) is 1.98. The smallest absolute Gasteiger partial charge is 0.152 e. The summed E-state index contributed by atoms with van der Waals surface area (Å²) in [7, 11) is 0. The molecule has 2 N–H and O–H groups in total. The molecule has 12 heavy (non-hydrogen) atoms. The van der Waals surface area contributed by atoms with Crippen LogP contribution in [-0.4, -0.2) is 28.5 Å². The van der Waals surface area contributed by atoms with Crippen molar-refractivity contribution in [3.63, 3.8) is 0 Å². The molecule has 0 aliphatic carbocycles. The van der Waals surface area contributed by atoms with E-state index in [4.69, 9.17) is 5.11 Å². The van der Waals surface area contributed by atoms with Gasteiger partial charge in [0.25, 0.3) is 0 Å². The van der Waals surface area contributed by atoms with Crippen molar-refractivity contribution < 1.29 is 5.11 Å². The molecular weight excluding hydrogens is 154 g/mol. The standard InChI is InChI=1S/C8H11N3O/c1-5-2-7-6(4-12)3-9-8(7)11-10-5/h2,6,12H,3-4H2,1H3,(H,9,11). The highest BCUT2D eigenvalue weighted by molar-refractivity contribution is 5.51. The molecule has 1 unspecified atom stereocenters. The van der Waals surface area contributed by atoms with Crippen molar-refractivity contribution >= 4 is 5.82 Å². The maximum Gasteiger partial charge on any atom is 0.152 e. The van der Waals surface area contributed by atoms with Gasteiger partial charge in [-0.15, -0.1) is 5.10 Å². The summed E-state index contributed by atoms with van der Waals surface area (Å²) in [5.74, 6) is 1.01. The largest absolute Gasteiger partial charge is 0.396 e. The number of aliphatic hydroxyl groups is 1. The van der Waals surface area contributed by atoms with Crippen LogP contribution in [0.15, 0.2) is 6.07 Å². The Morgan fingerprint density at radius 2 is 2.50 bits per heavy atom. The molecule has 0 saturated carbocycles. The third-order valence-electron chi connectivity index (χ3n) is 2.12. The molecule has 0 saturated heterocycles. The van der Waals surface area contributed by atoms with Crippen molar-refractivity contribution in [2.75, 3.05) is 18.5 Å². The van der Waals surface area contributed by atoms with Crippen LogP contribution in [0.3, 0.4) is 0 Å². The molecule has 2 rings (SSSR count). The molecule has 1 aromatic rings. The minimum Gasteiger partial charge on any atom is -0.396 e. The molecule has 1 aromatic heterocycles. The third-order valence-corrected chi connectivity index (χ3v) is 2.12. The maximum absolute atomic E-state index is 9.02. The Morgan fingerprint density at radius 1 is 1.67 bits per heavy atom. The lowest BCUT2D eigenvalue weighted by molar-refractivity contribution is 0.273. The highest BCUT2D eigenvalue weighted by Gasteiger charge is 2.22. The zero-order chi connectivity index (χ0) is 8.55. The van der Waals surface area contributed by atoms with Crippen molar-refractivity contribution in [3.8, 4) is 0 Å². The topological polar surface area (TPSA) is 58.0 Å². The Kier molecular flexibility index (Phi) is 1.69. The molecule has 0 radical (unpaired) electrons. The number of nitrogens with zero attached hydrogens (tertiary/aromatic N) is 2. The molecule has 0 bridgehead atoms. The minimum atomic E-state index is 0.172. The van der Waals surface area contributed by atoms with Crippen LogP contribution in [-0.2, 0) is 0 Å². The summed E-state index contributed by atoms with van der Waals surface area (Å²) in [5, 5.41) is 20.0. The lowest BCUT2D eigenvalue weighted by Gasteiger charge is -2.03. The van der Waals surface area contributed by atoms with E-state index < -0.39 is 0 Å². The zero-order valence-corrected chi connectivity index (χ0v) is 6.91. The van der Waals surface area contributed by atoms with Crippen LogP contribution in [0.5, 0.6) is 0 Å². The second kappa shape index (κ2) is 2.71. The molecule has 0 fully saturated rings. The number of rotatable bonds is 1. The number of aromatic nitrogens is 2. The number of aliphatic hydroxyl groups excluding tert-OH is 1. The fourth-order valence-electron chi connectivity index (χ4n) is 1.45. The molecule has 1 aliphatic heterocycles. The number of anilines is 1. The van der Waals surface area contributed by atoms with Gasteiger partial charge in [-0.3, -0.25) is 0 Å². The minimum absolute atomic E-state index is 0.172. The van der Waals surface area contributed by atoms with Crippen LogP contribution in [0, 0.1) is 6.92 Å². The molecule has 4 heteroatoms. The Morgan fingerprint density at radius 3 is 3.25 bits per heavy atom. The molecule has 0 spiro atoms. The van der Waals surface area contributed by atoms with Gasteiger partial charge in [0.15, 0.2) is 5.82 Å². The van der Waals surface area contributed by atoms with E-state index in [1.54, 1.807) is 0 Å². The first kappa shape index (κ1) is 7.49. The van der Waals surface area contributed by atoms with Crippen molar-refractivity contribution in [1.29, 1.82) is 0 Å². The molecule has 0 aromatic carbocycles. The fraction of sp³-hybridized carbons (Fsp3) is 0.500. The van der Waals surface area contributed by atoms with Gasteiger partial charge < -0.3 is 10.4 Å². The normalized spacial score (nSPS) is 20.3. The lowest BCUT2D eigenvalue weighted by Crippen LogP contribution is -2.05. The first-order valence-corrected chi connectivity index (χ1v) is 4.00. The summed E-state index contributed by atoms with van der Waals surface area (Å²) in [6.45, 7) is 2.84. The van der Waals surface area contributed by atoms with Crippen LogP contribution in [0.4, 0.5) is 5.82 Å². The van der Waals surface area contributed by atoms with E-state index in [9.17, 15) is 0 Å². The second-order valence-electron chi connectivity index (χ2n) is 3.05. The number of hydrogen-bond acceptors (Lipinski definition) is 4. The summed E-state index contributed by atoms with van der Waals surface area (Å²) < 4.78 is 0. The second-order valence-corrected chi connectivity index (χ2v) is 3.05. The average molecular weight is 165 g/mol. The van der Waals surface area contributed by atoms with Gasteiger partial charge in [-0.1, -0.05) is 0 Å². The van der Waals surface area contributed by atoms with Gasteiger partial charge >= 0.3 is 0 Å². The highest BCUT2D eigenvalue weighted by atomic mass is 16.3. The summed E-state index contributed by atoms with van der Waals surface area (Å²) >= 11 is 0. The van der Waals surface area contributed by atoms with Crippen molar-refractivity contribution in [3.05, 3.63) is 17.3 Å². The summed E-state index contributed by atoms with van der Waals surface area (Å²) in [4.78, 5) is 0. The van der Waals surface area contributed by atoms with Gasteiger partial charge in [0.2, 0.25) is 0 Å². The molecule has 1 aliphatic rings. The van der Waals surface area contributed by atoms with E-state index in [2.05, 4.69) is 15.5 Å². The number of hydrogen-bond donors (Lipinski definition) is 2. The van der Waals surface area contributed by atoms with Gasteiger partial charge in [0, 0.05) is 18.0 Å². The van der Waals surface area contributed by atoms with Crippen molar-refractivity contribution in [2.24, 2.45) is 0 Å². The van der Waals surface area contributed by atoms with Crippen LogP contribution >= 0.6 is 0 Å². The number of aryl methyl sites for hydroxylation is 1. The first-order valence-electron chi connectivity index (χ1n) is 4.00. The first-order chi connectivity index (χ1) is 5.81. The zero-order valence-electron chi connectivity index (χ0n) is 6.91. The van der Waals surface area contributed by atoms with Gasteiger partial charge in [-0.2, -0.15) is 5.10 Å². The lowest BCUT2D eigenvalue weighted by atomic mass is 10.0. The van der Waals surface area contributed by atoms with E-state index in [1.807, 2.05) is 13.0 Å². The SMILES string of the molecule is Cc1cc2c(nn1)NCC2CO. The molecular formula is C8H11N3O. The van der Waals surface area contributed by atoms with Crippen molar-refractivity contribution in [1.82, 2.24) is 10.2 Å². The summed E-state index contributed by atoms with van der Waals surface area (Å²) in [6.07, 6.45) is 0. The predicted molar refractivity (Wildman–Crippen MR) is 45.1 cm³/mol. The Labute approximate surface area is 70.6 Å². The predicted octanol–water partition coefficient (Wildman–Crippen LogP) is 0.286. The maximum atomic E-state index is 9.02. The number of nitrogens with one attached hydrogen (secondary N) is 1. The van der Waals surface area contributed by atoms with Crippen LogP contribution < -0.4 is 5.32 Å². The van der Waals surface area contributed by atoms with E-state index in [0.29, 0.717) is 0 Å². The Hall–Kier alpha value is -1.16. The van der Waals surface area contributed by atoms with E-state index in [0.717, 1.165) is 23.6 Å². The monoisotopic (exact) mass is 165 g/mol. The van der Waals surface area contributed by atoms with Crippen LogP contribution in [0.25, 0.3) is 0 Å². The number of fused-ring (bicyclic) bond motifs is 1. The van der Waals surface area contributed by atoms with Crippen LogP contribution in [0.2, 0.25) is 0 Å². The van der Waals surface area contributed by atoms with E-state index >= 15 is 0 Å². The van der Waals surface area contributed by atoms with Gasteiger partial charge in [0.1, 0.15) is 0 Å². The molecule has 4 nitrogen and oxygen atoms in total. The molecule has 2 heterocycles.